The fraction of sp³-hybridized carbons (Fsp3) is 0.478. The van der Waals surface area contributed by atoms with Crippen LogP contribution in [0.25, 0.3) is 10.9 Å². The average molecular weight is 1020 g/mol. The summed E-state index contributed by atoms with van der Waals surface area (Å²) >= 11 is 0. The molecule has 23 nitrogen and oxygen atoms in total. The Morgan fingerprint density at radius 3 is 2.01 bits per heavy atom. The number of amides is 8. The number of benzene rings is 2. The molecule has 1 aromatic heterocycles. The number of fused-ring (bicyclic) bond motifs is 1. The van der Waals surface area contributed by atoms with E-state index in [2.05, 4.69) is 52.8 Å². The first-order valence-corrected chi connectivity index (χ1v) is 25.4. The Labute approximate surface area is 419 Å². The summed E-state index contributed by atoms with van der Waals surface area (Å²) in [6, 6.07) is 7.21. The van der Waals surface area contributed by atoms with Crippen LogP contribution in [0.4, 0.5) is 0 Å². The standard InChI is InChI=1S/C46H67N15O8S2/c1-25-38(64)59-34(22-27-12-6-5-7-13-27)42(68)57-32(17-11-20-53-45(50)51)41(67)60-35(23-28-24-54-30-15-9-8-14-29(28)30)43(69)61-36(37(47)63)46(3,4)71-70-21-18-33(39(65)55-25)58-40(66)31(56-26(2)62)16-10-19-52-44(48)49/h5-9,12-15,24-25,31-36,54H,10-11,16-23H2,1-4H3,(H2,47,63)(H,55,65)(H,56,62)(H,57,68)(H,58,66)(H,59,64)(H,60,67)(H,61,69)(H4,48,49,52)(H4,50,51,53)/t25-,31-,32-,33-,34+,35-,36+/m0/s1. The fourth-order valence-electron chi connectivity index (χ4n) is 7.63. The van der Waals surface area contributed by atoms with E-state index in [1.165, 1.54) is 35.4 Å². The number of hydrogen-bond donors (Lipinski definition) is 15. The second-order valence-electron chi connectivity index (χ2n) is 17.6. The number of carbonyl (C=O) groups excluding carboxylic acids is 8. The number of guanidine groups is 2. The van der Waals surface area contributed by atoms with Crippen LogP contribution in [0.2, 0.25) is 0 Å². The van der Waals surface area contributed by atoms with Gasteiger partial charge in [-0.2, -0.15) is 0 Å². The predicted octanol–water partition coefficient (Wildman–Crippen LogP) is -1.04. The lowest BCUT2D eigenvalue weighted by Crippen LogP contribution is -2.61. The number of para-hydroxylation sites is 1. The van der Waals surface area contributed by atoms with Gasteiger partial charge in [0.2, 0.25) is 47.3 Å². The van der Waals surface area contributed by atoms with Gasteiger partial charge in [-0.3, -0.25) is 49.2 Å². The van der Waals surface area contributed by atoms with E-state index >= 15 is 0 Å². The third-order valence-corrected chi connectivity index (χ3v) is 14.7. The SMILES string of the molecule is CC(=O)N[C@@H](CCCNC(=N)N)C(=O)N[C@H]1CCSSC(C)(C)[C@@H](C(N)=O)NC(=O)[C@H](Cc2c[nH]c3ccccc23)NC(=O)[C@H](CCCNC(=N)N)NC(=O)[C@@H](Cc2ccccc2)NC(=O)[C@H](C)NC1=O. The molecule has 0 bridgehead atoms. The number of aromatic amines is 1. The maximum atomic E-state index is 14.5. The molecule has 0 aliphatic carbocycles. The van der Waals surface area contributed by atoms with E-state index in [9.17, 15) is 38.4 Å². The molecule has 7 atom stereocenters. The number of carbonyl (C=O) groups is 8. The van der Waals surface area contributed by atoms with E-state index in [1.54, 1.807) is 50.4 Å². The van der Waals surface area contributed by atoms with E-state index in [0.717, 1.165) is 10.9 Å². The molecule has 2 aromatic carbocycles. The minimum Gasteiger partial charge on any atom is -0.370 e. The van der Waals surface area contributed by atoms with Crippen molar-refractivity contribution in [2.75, 3.05) is 18.8 Å². The normalized spacial score (nSPS) is 22.1. The zero-order chi connectivity index (χ0) is 52.3. The molecular formula is C46H67N15O8S2. The van der Waals surface area contributed by atoms with Crippen molar-refractivity contribution in [1.82, 2.24) is 52.8 Å². The van der Waals surface area contributed by atoms with Gasteiger partial charge in [0.1, 0.15) is 42.3 Å². The van der Waals surface area contributed by atoms with Gasteiger partial charge in [-0.1, -0.05) is 70.1 Å². The Morgan fingerprint density at radius 1 is 0.761 bits per heavy atom. The Balaban J connectivity index is 1.76. The number of primary amides is 1. The van der Waals surface area contributed by atoms with Gasteiger partial charge in [0, 0.05) is 60.5 Å². The van der Waals surface area contributed by atoms with Gasteiger partial charge in [0.15, 0.2) is 11.9 Å². The van der Waals surface area contributed by atoms with Crippen LogP contribution in [0, 0.1) is 10.8 Å². The Morgan fingerprint density at radius 2 is 1.35 bits per heavy atom. The van der Waals surface area contributed by atoms with Gasteiger partial charge < -0.3 is 70.0 Å². The number of hydrogen-bond acceptors (Lipinski definition) is 12. The molecule has 71 heavy (non-hydrogen) atoms. The Hall–Kier alpha value is -7.02. The topological polar surface area (TPSA) is 386 Å². The lowest BCUT2D eigenvalue weighted by molar-refractivity contribution is -0.135. The van der Waals surface area contributed by atoms with Crippen LogP contribution in [0.5, 0.6) is 0 Å². The summed E-state index contributed by atoms with van der Waals surface area (Å²) in [7, 11) is 2.40. The molecule has 1 aliphatic heterocycles. The molecule has 1 fully saturated rings. The van der Waals surface area contributed by atoms with Crippen molar-refractivity contribution in [3.63, 3.8) is 0 Å². The monoisotopic (exact) mass is 1020 g/mol. The molecule has 3 aromatic rings. The van der Waals surface area contributed by atoms with E-state index in [1.807, 2.05) is 24.3 Å². The second-order valence-corrected chi connectivity index (χ2v) is 20.7. The highest BCUT2D eigenvalue weighted by atomic mass is 33.1. The van der Waals surface area contributed by atoms with Crippen LogP contribution in [0.3, 0.4) is 0 Å². The summed E-state index contributed by atoms with van der Waals surface area (Å²) in [6.07, 6.45) is 2.20. The van der Waals surface area contributed by atoms with Crippen molar-refractivity contribution in [1.29, 1.82) is 10.8 Å². The summed E-state index contributed by atoms with van der Waals surface area (Å²) in [5.41, 5.74) is 18.9. The molecule has 0 unspecified atom stereocenters. The molecule has 1 aliphatic rings. The van der Waals surface area contributed by atoms with Crippen molar-refractivity contribution >= 4 is 91.7 Å². The molecule has 18 N–H and O–H groups in total. The summed E-state index contributed by atoms with van der Waals surface area (Å²) in [6.45, 7) is 6.37. The van der Waals surface area contributed by atoms with Gasteiger partial charge in [-0.15, -0.1) is 0 Å². The van der Waals surface area contributed by atoms with E-state index in [-0.39, 0.29) is 69.3 Å². The molecule has 0 radical (unpaired) electrons. The molecule has 1 saturated heterocycles. The maximum Gasteiger partial charge on any atom is 0.243 e. The molecule has 386 valence electrons. The summed E-state index contributed by atoms with van der Waals surface area (Å²) in [4.78, 5) is 114. The smallest absolute Gasteiger partial charge is 0.243 e. The first-order valence-electron chi connectivity index (χ1n) is 23.1. The van der Waals surface area contributed by atoms with Gasteiger partial charge in [-0.25, -0.2) is 0 Å². The number of nitrogens with one attached hydrogen (secondary N) is 12. The largest absolute Gasteiger partial charge is 0.370 e. The van der Waals surface area contributed by atoms with Crippen LogP contribution >= 0.6 is 21.6 Å². The molecule has 0 saturated carbocycles. The maximum absolute atomic E-state index is 14.5. The summed E-state index contributed by atoms with van der Waals surface area (Å²) in [5.74, 6) is -6.33. The lowest BCUT2D eigenvalue weighted by Gasteiger charge is -2.33. The third kappa shape index (κ3) is 18.3. The quantitative estimate of drug-likeness (QED) is 0.0353. The van der Waals surface area contributed by atoms with E-state index < -0.39 is 94.3 Å². The lowest BCUT2D eigenvalue weighted by atomic mass is 9.99. The van der Waals surface area contributed by atoms with Crippen molar-refractivity contribution < 1.29 is 38.4 Å². The number of H-pyrrole nitrogens is 1. The molecular weight excluding hydrogens is 955 g/mol. The first kappa shape index (κ1) is 56.6. The highest BCUT2D eigenvalue weighted by Gasteiger charge is 2.39. The third-order valence-electron chi connectivity index (χ3n) is 11.4. The van der Waals surface area contributed by atoms with Crippen molar-refractivity contribution in [3.05, 3.63) is 71.9 Å². The van der Waals surface area contributed by atoms with Gasteiger partial charge >= 0.3 is 0 Å². The summed E-state index contributed by atoms with van der Waals surface area (Å²) < 4.78 is -1.12. The van der Waals surface area contributed by atoms with Gasteiger partial charge in [0.05, 0.1) is 0 Å². The highest BCUT2D eigenvalue weighted by molar-refractivity contribution is 8.77. The number of rotatable bonds is 16. The van der Waals surface area contributed by atoms with E-state index in [4.69, 9.17) is 28.0 Å². The van der Waals surface area contributed by atoms with Crippen LogP contribution in [0.15, 0.2) is 60.8 Å². The molecule has 0 spiro atoms. The zero-order valence-electron chi connectivity index (χ0n) is 40.2. The first-order chi connectivity index (χ1) is 33.6. The van der Waals surface area contributed by atoms with Gasteiger partial charge in [-0.05, 0) is 70.1 Å². The second kappa shape index (κ2) is 27.4. The number of nitrogens with two attached hydrogens (primary N) is 3. The van der Waals surface area contributed by atoms with Crippen LogP contribution in [-0.2, 0) is 51.2 Å². The molecule has 8 amide bonds. The van der Waals surface area contributed by atoms with Crippen molar-refractivity contribution in [3.8, 4) is 0 Å². The number of aromatic nitrogens is 1. The minimum atomic E-state index is -1.32. The predicted molar refractivity (Wildman–Crippen MR) is 273 cm³/mol. The zero-order valence-corrected chi connectivity index (χ0v) is 41.8. The minimum absolute atomic E-state index is 0.0201. The van der Waals surface area contributed by atoms with Crippen LogP contribution in [-0.4, -0.2) is 130 Å². The summed E-state index contributed by atoms with van der Waals surface area (Å²) in [5, 5.41) is 40.1. The molecule has 25 heteroatoms. The Bertz CT molecular complexity index is 2390. The van der Waals surface area contributed by atoms with Crippen LogP contribution in [0.1, 0.15) is 70.9 Å². The van der Waals surface area contributed by atoms with Crippen molar-refractivity contribution in [2.24, 2.45) is 17.2 Å². The van der Waals surface area contributed by atoms with Gasteiger partial charge in [0.25, 0.3) is 0 Å². The average Bonchev–Trinajstić information content (AvgIpc) is 3.72. The highest BCUT2D eigenvalue weighted by Crippen LogP contribution is 2.39. The van der Waals surface area contributed by atoms with Crippen molar-refractivity contribution in [2.45, 2.75) is 120 Å². The fourth-order valence-corrected chi connectivity index (χ4v) is 10.4. The molecule has 4 rings (SSSR count). The molecule has 2 heterocycles. The van der Waals surface area contributed by atoms with Crippen LogP contribution < -0.4 is 65.1 Å². The van der Waals surface area contributed by atoms with E-state index in [0.29, 0.717) is 17.5 Å². The Kier molecular flexibility index (Phi) is 21.8.